The Hall–Kier alpha value is -1.42. The molecule has 24 heavy (non-hydrogen) atoms. The fraction of sp³-hybridized carbons (Fsp3) is 0.667. The van der Waals surface area contributed by atoms with Crippen molar-refractivity contribution in [2.75, 3.05) is 39.3 Å². The first kappa shape index (κ1) is 17.4. The summed E-state index contributed by atoms with van der Waals surface area (Å²) in [7, 11) is -1.99. The number of hydrogen-bond donors (Lipinski definition) is 1. The maximum absolute atomic E-state index is 12.7. The average Bonchev–Trinajstić information content (AvgIpc) is 3.17. The number of aryl methyl sites for hydroxylation is 1. The molecule has 0 aliphatic carbocycles. The predicted molar refractivity (Wildman–Crippen MR) is 88.1 cm³/mol. The highest BCUT2D eigenvalue weighted by Gasteiger charge is 2.31. The number of piperazine rings is 1. The SMILES string of the molecule is Cn1cc(S(=O)(=O)N2CCN(C[C@H]3CCCO3)CC2)cc1C(N)=O. The van der Waals surface area contributed by atoms with E-state index in [1.165, 1.54) is 21.1 Å². The molecule has 2 aliphatic rings. The number of rotatable bonds is 5. The number of ether oxygens (including phenoxy) is 1. The molecule has 0 bridgehead atoms. The molecular weight excluding hydrogens is 332 g/mol. The number of nitrogens with two attached hydrogens (primary N) is 1. The van der Waals surface area contributed by atoms with E-state index in [0.29, 0.717) is 26.2 Å². The van der Waals surface area contributed by atoms with Gasteiger partial charge in [0.25, 0.3) is 5.91 Å². The number of hydrogen-bond acceptors (Lipinski definition) is 5. The van der Waals surface area contributed by atoms with Crippen LogP contribution in [-0.4, -0.2) is 73.5 Å². The molecular formula is C15H24N4O4S. The number of aromatic nitrogens is 1. The van der Waals surface area contributed by atoms with Gasteiger partial charge in [0.15, 0.2) is 0 Å². The molecule has 2 saturated heterocycles. The molecule has 9 heteroatoms. The number of sulfonamides is 1. The van der Waals surface area contributed by atoms with Gasteiger partial charge in [-0.1, -0.05) is 0 Å². The number of carbonyl (C=O) groups is 1. The number of carbonyl (C=O) groups excluding carboxylic acids is 1. The van der Waals surface area contributed by atoms with Gasteiger partial charge in [-0.2, -0.15) is 4.31 Å². The van der Waals surface area contributed by atoms with Gasteiger partial charge in [0.1, 0.15) is 10.6 Å². The van der Waals surface area contributed by atoms with Crippen molar-refractivity contribution in [3.05, 3.63) is 18.0 Å². The highest BCUT2D eigenvalue weighted by atomic mass is 32.2. The Morgan fingerprint density at radius 1 is 1.33 bits per heavy atom. The minimum absolute atomic E-state index is 0.117. The Labute approximate surface area is 142 Å². The van der Waals surface area contributed by atoms with Gasteiger partial charge in [0, 0.05) is 52.6 Å². The second-order valence-corrected chi connectivity index (χ2v) is 8.31. The standard InChI is InChI=1S/C15H24N4O4S/c1-17-11-13(9-14(17)15(16)20)24(21,22)19-6-4-18(5-7-19)10-12-3-2-8-23-12/h9,11-12H,2-8,10H2,1H3,(H2,16,20)/t12-/m1/s1. The van der Waals surface area contributed by atoms with E-state index >= 15 is 0 Å². The van der Waals surface area contributed by atoms with Crippen LogP contribution in [-0.2, 0) is 21.8 Å². The van der Waals surface area contributed by atoms with Gasteiger partial charge in [0.05, 0.1) is 6.10 Å². The topological polar surface area (TPSA) is 97.9 Å². The van der Waals surface area contributed by atoms with Gasteiger partial charge >= 0.3 is 0 Å². The fourth-order valence-electron chi connectivity index (χ4n) is 3.30. The van der Waals surface area contributed by atoms with Crippen LogP contribution >= 0.6 is 0 Å². The Bertz CT molecular complexity index is 701. The second kappa shape index (κ2) is 6.83. The van der Waals surface area contributed by atoms with Gasteiger partial charge in [-0.15, -0.1) is 0 Å². The van der Waals surface area contributed by atoms with Gasteiger partial charge in [-0.25, -0.2) is 8.42 Å². The van der Waals surface area contributed by atoms with Crippen LogP contribution in [0, 0.1) is 0 Å². The highest BCUT2D eigenvalue weighted by Crippen LogP contribution is 2.21. The first-order valence-electron chi connectivity index (χ1n) is 8.18. The van der Waals surface area contributed by atoms with Crippen LogP contribution in [0.2, 0.25) is 0 Å². The van der Waals surface area contributed by atoms with Crippen molar-refractivity contribution in [3.8, 4) is 0 Å². The molecule has 1 atom stereocenters. The van der Waals surface area contributed by atoms with Crippen molar-refractivity contribution < 1.29 is 17.9 Å². The van der Waals surface area contributed by atoms with E-state index in [1.54, 1.807) is 7.05 Å². The lowest BCUT2D eigenvalue weighted by atomic mass is 10.2. The summed E-state index contributed by atoms with van der Waals surface area (Å²) in [6.45, 7) is 3.95. The smallest absolute Gasteiger partial charge is 0.265 e. The molecule has 2 N–H and O–H groups in total. The lowest BCUT2D eigenvalue weighted by molar-refractivity contribution is 0.0617. The Morgan fingerprint density at radius 2 is 2.04 bits per heavy atom. The van der Waals surface area contributed by atoms with Crippen molar-refractivity contribution in [2.24, 2.45) is 12.8 Å². The quantitative estimate of drug-likeness (QED) is 0.775. The third kappa shape index (κ3) is 3.49. The number of nitrogens with zero attached hydrogens (tertiary/aromatic N) is 3. The summed E-state index contributed by atoms with van der Waals surface area (Å²) in [4.78, 5) is 13.7. The molecule has 0 unspecified atom stereocenters. The van der Waals surface area contributed by atoms with E-state index < -0.39 is 15.9 Å². The molecule has 0 saturated carbocycles. The molecule has 3 rings (SSSR count). The van der Waals surface area contributed by atoms with Crippen LogP contribution < -0.4 is 5.73 Å². The molecule has 0 aromatic carbocycles. The first-order valence-corrected chi connectivity index (χ1v) is 9.62. The third-order valence-electron chi connectivity index (χ3n) is 4.69. The van der Waals surface area contributed by atoms with Crippen molar-refractivity contribution in [2.45, 2.75) is 23.8 Å². The molecule has 8 nitrogen and oxygen atoms in total. The van der Waals surface area contributed by atoms with Gasteiger partial charge in [-0.3, -0.25) is 9.69 Å². The number of amides is 1. The van der Waals surface area contributed by atoms with Crippen LogP contribution in [0.25, 0.3) is 0 Å². The van der Waals surface area contributed by atoms with Crippen molar-refractivity contribution in [1.29, 1.82) is 0 Å². The minimum atomic E-state index is -3.60. The number of primary amides is 1. The molecule has 0 radical (unpaired) electrons. The van der Waals surface area contributed by atoms with Crippen molar-refractivity contribution >= 4 is 15.9 Å². The van der Waals surface area contributed by atoms with Crippen LogP contribution in [0.5, 0.6) is 0 Å². The Balaban J connectivity index is 1.64. The Kier molecular flexibility index (Phi) is 4.95. The molecule has 2 fully saturated rings. The molecule has 1 aromatic rings. The van der Waals surface area contributed by atoms with Crippen LogP contribution in [0.15, 0.2) is 17.2 Å². The summed E-state index contributed by atoms with van der Waals surface area (Å²) in [5.74, 6) is -0.639. The molecule has 1 aromatic heterocycles. The van der Waals surface area contributed by atoms with Crippen LogP contribution in [0.1, 0.15) is 23.3 Å². The molecule has 0 spiro atoms. The zero-order valence-corrected chi connectivity index (χ0v) is 14.7. The van der Waals surface area contributed by atoms with E-state index in [9.17, 15) is 13.2 Å². The van der Waals surface area contributed by atoms with E-state index in [2.05, 4.69) is 4.90 Å². The first-order chi connectivity index (χ1) is 11.4. The van der Waals surface area contributed by atoms with E-state index in [1.807, 2.05) is 0 Å². The van der Waals surface area contributed by atoms with E-state index in [0.717, 1.165) is 26.0 Å². The van der Waals surface area contributed by atoms with Gasteiger partial charge in [-0.05, 0) is 18.9 Å². The predicted octanol–water partition coefficient (Wildman–Crippen LogP) is -0.391. The normalized spacial score (nSPS) is 23.6. The zero-order valence-electron chi connectivity index (χ0n) is 13.8. The lowest BCUT2D eigenvalue weighted by Gasteiger charge is -2.34. The maximum atomic E-state index is 12.7. The highest BCUT2D eigenvalue weighted by molar-refractivity contribution is 7.89. The molecule has 2 aliphatic heterocycles. The zero-order chi connectivity index (χ0) is 17.3. The largest absolute Gasteiger partial charge is 0.377 e. The summed E-state index contributed by atoms with van der Waals surface area (Å²) in [6.07, 6.45) is 3.90. The van der Waals surface area contributed by atoms with Crippen LogP contribution in [0.3, 0.4) is 0 Å². The summed E-state index contributed by atoms with van der Waals surface area (Å²) < 4.78 is 34.0. The van der Waals surface area contributed by atoms with Crippen molar-refractivity contribution in [3.63, 3.8) is 0 Å². The summed E-state index contributed by atoms with van der Waals surface area (Å²) in [6, 6.07) is 1.34. The summed E-state index contributed by atoms with van der Waals surface area (Å²) >= 11 is 0. The monoisotopic (exact) mass is 356 g/mol. The van der Waals surface area contributed by atoms with Crippen LogP contribution in [0.4, 0.5) is 0 Å². The van der Waals surface area contributed by atoms with E-state index in [4.69, 9.17) is 10.5 Å². The second-order valence-electron chi connectivity index (χ2n) is 6.38. The van der Waals surface area contributed by atoms with E-state index in [-0.39, 0.29) is 16.7 Å². The molecule has 3 heterocycles. The van der Waals surface area contributed by atoms with Gasteiger partial charge in [0.2, 0.25) is 10.0 Å². The fourth-order valence-corrected chi connectivity index (χ4v) is 4.79. The van der Waals surface area contributed by atoms with Crippen molar-refractivity contribution in [1.82, 2.24) is 13.8 Å². The maximum Gasteiger partial charge on any atom is 0.265 e. The average molecular weight is 356 g/mol. The minimum Gasteiger partial charge on any atom is -0.377 e. The molecule has 1 amide bonds. The lowest BCUT2D eigenvalue weighted by Crippen LogP contribution is -2.50. The van der Waals surface area contributed by atoms with Gasteiger partial charge < -0.3 is 15.0 Å². The third-order valence-corrected chi connectivity index (χ3v) is 6.55. The summed E-state index contributed by atoms with van der Waals surface area (Å²) in [5, 5.41) is 0. The summed E-state index contributed by atoms with van der Waals surface area (Å²) in [5.41, 5.74) is 5.44. The Morgan fingerprint density at radius 3 is 2.58 bits per heavy atom. The molecule has 134 valence electrons.